The summed E-state index contributed by atoms with van der Waals surface area (Å²) >= 11 is 0. The molecule has 54 heavy (non-hydrogen) atoms. The van der Waals surface area contributed by atoms with Crippen LogP contribution in [0.4, 0.5) is 0 Å². The van der Waals surface area contributed by atoms with Crippen LogP contribution in [0.3, 0.4) is 0 Å². The van der Waals surface area contributed by atoms with E-state index in [1.54, 1.807) is 6.08 Å². The summed E-state index contributed by atoms with van der Waals surface area (Å²) in [5.74, 6) is -0.522. The van der Waals surface area contributed by atoms with Gasteiger partial charge in [0.05, 0.1) is 18.8 Å². The van der Waals surface area contributed by atoms with E-state index in [0.717, 1.165) is 44.9 Å². The summed E-state index contributed by atoms with van der Waals surface area (Å²) < 4.78 is 0. The molecule has 3 unspecified atom stereocenters. The molecule has 316 valence electrons. The topological polar surface area (TPSA) is 89.8 Å². The van der Waals surface area contributed by atoms with E-state index < -0.39 is 24.2 Å². The highest BCUT2D eigenvalue weighted by atomic mass is 16.3. The van der Waals surface area contributed by atoms with Crippen LogP contribution < -0.4 is 5.32 Å². The molecule has 0 fully saturated rings. The van der Waals surface area contributed by atoms with Crippen molar-refractivity contribution >= 4 is 5.91 Å². The first kappa shape index (κ1) is 52.3. The van der Waals surface area contributed by atoms with Crippen molar-refractivity contribution in [2.75, 3.05) is 6.61 Å². The van der Waals surface area contributed by atoms with E-state index in [2.05, 4.69) is 55.6 Å². The van der Waals surface area contributed by atoms with Crippen molar-refractivity contribution in [3.63, 3.8) is 0 Å². The summed E-state index contributed by atoms with van der Waals surface area (Å²) in [6, 6.07) is -0.824. The van der Waals surface area contributed by atoms with Crippen LogP contribution in [-0.2, 0) is 4.79 Å². The van der Waals surface area contributed by atoms with Crippen molar-refractivity contribution in [3.8, 4) is 0 Å². The number of nitrogens with one attached hydrogen (secondary N) is 1. The van der Waals surface area contributed by atoms with Crippen molar-refractivity contribution < 1.29 is 20.1 Å². The van der Waals surface area contributed by atoms with Gasteiger partial charge >= 0.3 is 0 Å². The lowest BCUT2D eigenvalue weighted by molar-refractivity contribution is -0.131. The van der Waals surface area contributed by atoms with Gasteiger partial charge < -0.3 is 20.6 Å². The predicted octanol–water partition coefficient (Wildman–Crippen LogP) is 13.7. The number of carbonyl (C=O) groups excluding carboxylic acids is 1. The number of allylic oxidation sites excluding steroid dienone is 7. The first-order valence-corrected chi connectivity index (χ1v) is 23.5. The Morgan fingerprint density at radius 2 is 0.759 bits per heavy atom. The van der Waals surface area contributed by atoms with Gasteiger partial charge in [-0.05, 0) is 70.6 Å². The first-order chi connectivity index (χ1) is 26.6. The van der Waals surface area contributed by atoms with Gasteiger partial charge in [-0.1, -0.05) is 210 Å². The van der Waals surface area contributed by atoms with Crippen LogP contribution in [-0.4, -0.2) is 46.1 Å². The molecular weight excluding hydrogens is 667 g/mol. The molecular formula is C49H91NO4. The molecule has 4 N–H and O–H groups in total. The highest BCUT2D eigenvalue weighted by molar-refractivity contribution is 5.80. The third kappa shape index (κ3) is 38.6. The maximum Gasteiger partial charge on any atom is 0.249 e. The minimum Gasteiger partial charge on any atom is -0.394 e. The Bertz CT molecular complexity index is 881. The van der Waals surface area contributed by atoms with Gasteiger partial charge in [0, 0.05) is 0 Å². The summed E-state index contributed by atoms with van der Waals surface area (Å²) in [7, 11) is 0. The molecule has 0 rings (SSSR count). The Kier molecular flexibility index (Phi) is 42.7. The van der Waals surface area contributed by atoms with Crippen LogP contribution in [0.15, 0.2) is 48.6 Å². The summed E-state index contributed by atoms with van der Waals surface area (Å²) in [6.45, 7) is 4.17. The molecule has 0 radical (unpaired) electrons. The normalized spacial score (nSPS) is 13.9. The number of hydrogen-bond donors (Lipinski definition) is 4. The van der Waals surface area contributed by atoms with E-state index in [1.165, 1.54) is 167 Å². The van der Waals surface area contributed by atoms with Crippen LogP contribution in [0.25, 0.3) is 0 Å². The molecule has 5 nitrogen and oxygen atoms in total. The van der Waals surface area contributed by atoms with E-state index in [1.807, 2.05) is 6.08 Å². The van der Waals surface area contributed by atoms with Crippen molar-refractivity contribution in [3.05, 3.63) is 48.6 Å². The largest absolute Gasteiger partial charge is 0.394 e. The van der Waals surface area contributed by atoms with Gasteiger partial charge in [0.15, 0.2) is 0 Å². The van der Waals surface area contributed by atoms with Gasteiger partial charge in [-0.15, -0.1) is 0 Å². The minimum atomic E-state index is -1.12. The van der Waals surface area contributed by atoms with Crippen molar-refractivity contribution in [1.29, 1.82) is 0 Å². The Labute approximate surface area is 336 Å². The monoisotopic (exact) mass is 758 g/mol. The van der Waals surface area contributed by atoms with E-state index in [4.69, 9.17) is 0 Å². The molecule has 0 aliphatic rings. The van der Waals surface area contributed by atoms with E-state index in [0.29, 0.717) is 6.42 Å². The predicted molar refractivity (Wildman–Crippen MR) is 236 cm³/mol. The average molecular weight is 758 g/mol. The highest BCUT2D eigenvalue weighted by Crippen LogP contribution is 2.14. The molecule has 0 aromatic carbocycles. The Morgan fingerprint density at radius 1 is 0.444 bits per heavy atom. The number of aliphatic hydroxyl groups excluding tert-OH is 3. The molecule has 0 aliphatic carbocycles. The Balaban J connectivity index is 3.74. The second-order valence-corrected chi connectivity index (χ2v) is 15.9. The summed E-state index contributed by atoms with van der Waals surface area (Å²) in [5.41, 5.74) is 0. The van der Waals surface area contributed by atoms with Gasteiger partial charge in [0.1, 0.15) is 6.10 Å². The Morgan fingerprint density at radius 3 is 1.13 bits per heavy atom. The van der Waals surface area contributed by atoms with Crippen molar-refractivity contribution in [1.82, 2.24) is 5.32 Å². The average Bonchev–Trinajstić information content (AvgIpc) is 3.18. The second-order valence-electron chi connectivity index (χ2n) is 15.9. The fourth-order valence-corrected chi connectivity index (χ4v) is 6.92. The molecule has 0 saturated carbocycles. The quantitative estimate of drug-likeness (QED) is 0.0369. The van der Waals surface area contributed by atoms with Crippen molar-refractivity contribution in [2.45, 2.75) is 250 Å². The second kappa shape index (κ2) is 44.0. The molecule has 0 aromatic rings. The van der Waals surface area contributed by atoms with Crippen LogP contribution >= 0.6 is 0 Å². The van der Waals surface area contributed by atoms with Gasteiger partial charge in [0.2, 0.25) is 5.91 Å². The van der Waals surface area contributed by atoms with Crippen LogP contribution in [0.5, 0.6) is 0 Å². The number of amides is 1. The molecule has 0 bridgehead atoms. The first-order valence-electron chi connectivity index (χ1n) is 23.5. The van der Waals surface area contributed by atoms with E-state index >= 15 is 0 Å². The lowest BCUT2D eigenvalue weighted by Gasteiger charge is -2.21. The third-order valence-corrected chi connectivity index (χ3v) is 10.6. The standard InChI is InChI=1S/C49H91NO4/c1-3-5-7-9-11-13-15-17-19-21-23-25-27-29-31-33-35-37-39-41-43-47(52)46(45-51)50-49(54)48(53)44-42-40-38-36-34-32-30-28-26-24-22-20-18-16-14-12-10-8-6-4-2/h25-28,33,35,41,43,46-48,51-53H,3-24,29-32,34,36-40,42,44-45H2,1-2H3,(H,50,54)/b27-25+,28-26-,35-33+,43-41+. The van der Waals surface area contributed by atoms with Gasteiger partial charge in [-0.3, -0.25) is 4.79 Å². The molecule has 0 aromatic heterocycles. The minimum absolute atomic E-state index is 0.384. The summed E-state index contributed by atoms with van der Waals surface area (Å²) in [5, 5.41) is 33.2. The molecule has 0 aliphatic heterocycles. The number of carbonyl (C=O) groups is 1. The van der Waals surface area contributed by atoms with Gasteiger partial charge in [0.25, 0.3) is 0 Å². The van der Waals surface area contributed by atoms with Gasteiger partial charge in [-0.25, -0.2) is 0 Å². The zero-order chi connectivity index (χ0) is 39.4. The number of aliphatic hydroxyl groups is 3. The fraction of sp³-hybridized carbons (Fsp3) is 0.816. The molecule has 0 spiro atoms. The molecule has 0 heterocycles. The third-order valence-electron chi connectivity index (χ3n) is 10.6. The fourth-order valence-electron chi connectivity index (χ4n) is 6.92. The maximum absolute atomic E-state index is 12.5. The summed E-state index contributed by atoms with van der Waals surface area (Å²) in [6.07, 6.45) is 57.2. The van der Waals surface area contributed by atoms with Crippen LogP contribution in [0.1, 0.15) is 232 Å². The number of unbranched alkanes of at least 4 members (excludes halogenated alkanes) is 28. The van der Waals surface area contributed by atoms with Crippen molar-refractivity contribution in [2.24, 2.45) is 0 Å². The van der Waals surface area contributed by atoms with Crippen LogP contribution in [0.2, 0.25) is 0 Å². The zero-order valence-electron chi connectivity index (χ0n) is 35.8. The van der Waals surface area contributed by atoms with E-state index in [-0.39, 0.29) is 6.61 Å². The van der Waals surface area contributed by atoms with E-state index in [9.17, 15) is 20.1 Å². The molecule has 3 atom stereocenters. The smallest absolute Gasteiger partial charge is 0.249 e. The highest BCUT2D eigenvalue weighted by Gasteiger charge is 2.22. The molecule has 1 amide bonds. The SMILES string of the molecule is CCCCCCCCCCCC/C=C\CCCCCCCCC(O)C(=O)NC(CO)C(O)/C=C/CC/C=C/CC/C=C/CCCCCCCCCCCC. The van der Waals surface area contributed by atoms with Crippen LogP contribution in [0, 0.1) is 0 Å². The van der Waals surface area contributed by atoms with Gasteiger partial charge in [-0.2, -0.15) is 0 Å². The number of hydrogen-bond acceptors (Lipinski definition) is 4. The summed E-state index contributed by atoms with van der Waals surface area (Å²) in [4.78, 5) is 12.5. The molecule has 0 saturated heterocycles. The molecule has 5 heteroatoms. The lowest BCUT2D eigenvalue weighted by Crippen LogP contribution is -2.48. The lowest BCUT2D eigenvalue weighted by atomic mass is 10.0. The zero-order valence-corrected chi connectivity index (χ0v) is 35.8. The Hall–Kier alpha value is -1.69. The maximum atomic E-state index is 12.5. The number of rotatable bonds is 42.